The van der Waals surface area contributed by atoms with Gasteiger partial charge in [0.2, 0.25) is 0 Å². The first-order valence-corrected chi connectivity index (χ1v) is 9.91. The first-order valence-electron chi connectivity index (χ1n) is 8.92. The van der Waals surface area contributed by atoms with E-state index in [1.807, 2.05) is 12.1 Å². The molecule has 0 bridgehead atoms. The molecule has 3 rings (SSSR count). The van der Waals surface area contributed by atoms with Crippen molar-refractivity contribution in [1.29, 1.82) is 0 Å². The number of hydrogen-bond acceptors (Lipinski definition) is 5. The Hall–Kier alpha value is -3.06. The van der Waals surface area contributed by atoms with E-state index >= 15 is 0 Å². The summed E-state index contributed by atoms with van der Waals surface area (Å²) in [5.74, 6) is 1.28. The summed E-state index contributed by atoms with van der Waals surface area (Å²) in [5.41, 5.74) is 2.25. The zero-order valence-corrected chi connectivity index (χ0v) is 17.0. The standard InChI is InChI=1S/C22H21FN2O3S/c1-27-19-7-3-5-16(20(19)28-2)13-25-21(26)18-6-4-12-24-22(18)29-14-15-8-10-17(23)11-9-15/h3-12H,13-14H2,1-2H3,(H,25,26). The number of benzene rings is 2. The maximum atomic E-state index is 13.1. The molecule has 7 heteroatoms. The molecule has 0 spiro atoms. The summed E-state index contributed by atoms with van der Waals surface area (Å²) in [4.78, 5) is 17.1. The lowest BCUT2D eigenvalue weighted by molar-refractivity contribution is 0.0947. The summed E-state index contributed by atoms with van der Waals surface area (Å²) in [6, 6.07) is 15.3. The lowest BCUT2D eigenvalue weighted by atomic mass is 10.1. The summed E-state index contributed by atoms with van der Waals surface area (Å²) in [7, 11) is 3.13. The van der Waals surface area contributed by atoms with Gasteiger partial charge in [0.05, 0.1) is 19.8 Å². The van der Waals surface area contributed by atoms with E-state index < -0.39 is 0 Å². The van der Waals surface area contributed by atoms with Crippen molar-refractivity contribution in [2.75, 3.05) is 14.2 Å². The van der Waals surface area contributed by atoms with Crippen LogP contribution in [0, 0.1) is 5.82 Å². The molecule has 0 fully saturated rings. The maximum absolute atomic E-state index is 13.1. The van der Waals surface area contributed by atoms with Gasteiger partial charge in [0.1, 0.15) is 10.8 Å². The van der Waals surface area contributed by atoms with Gasteiger partial charge in [-0.25, -0.2) is 9.37 Å². The van der Waals surface area contributed by atoms with Crippen molar-refractivity contribution in [3.63, 3.8) is 0 Å². The Morgan fingerprint density at radius 2 is 1.86 bits per heavy atom. The molecular formula is C22H21FN2O3S. The molecule has 150 valence electrons. The molecule has 5 nitrogen and oxygen atoms in total. The Kier molecular flexibility index (Phi) is 7.08. The van der Waals surface area contributed by atoms with Crippen LogP contribution in [0.3, 0.4) is 0 Å². The van der Waals surface area contributed by atoms with Crippen LogP contribution in [0.2, 0.25) is 0 Å². The van der Waals surface area contributed by atoms with Crippen LogP contribution in [-0.2, 0) is 12.3 Å². The zero-order chi connectivity index (χ0) is 20.6. The average Bonchev–Trinajstić information content (AvgIpc) is 2.76. The number of hydrogen-bond donors (Lipinski definition) is 1. The van der Waals surface area contributed by atoms with Gasteiger partial charge in [0.15, 0.2) is 11.5 Å². The molecular weight excluding hydrogens is 391 g/mol. The zero-order valence-electron chi connectivity index (χ0n) is 16.1. The highest BCUT2D eigenvalue weighted by Gasteiger charge is 2.15. The van der Waals surface area contributed by atoms with E-state index in [9.17, 15) is 9.18 Å². The van der Waals surface area contributed by atoms with Crippen LogP contribution in [-0.4, -0.2) is 25.1 Å². The maximum Gasteiger partial charge on any atom is 0.254 e. The summed E-state index contributed by atoms with van der Waals surface area (Å²) >= 11 is 1.43. The molecule has 1 heterocycles. The molecule has 0 saturated heterocycles. The van der Waals surface area contributed by atoms with Crippen LogP contribution in [0.5, 0.6) is 11.5 Å². The summed E-state index contributed by atoms with van der Waals surface area (Å²) in [6.07, 6.45) is 1.65. The quantitative estimate of drug-likeness (QED) is 0.554. The number of nitrogens with zero attached hydrogens (tertiary/aromatic N) is 1. The first kappa shape index (κ1) is 20.7. The van der Waals surface area contributed by atoms with Gasteiger partial charge in [0.25, 0.3) is 5.91 Å². The van der Waals surface area contributed by atoms with Crippen LogP contribution < -0.4 is 14.8 Å². The Labute approximate surface area is 173 Å². The van der Waals surface area contributed by atoms with Crippen molar-refractivity contribution in [2.24, 2.45) is 0 Å². The monoisotopic (exact) mass is 412 g/mol. The predicted molar refractivity (Wildman–Crippen MR) is 111 cm³/mol. The third-order valence-electron chi connectivity index (χ3n) is 4.23. The lowest BCUT2D eigenvalue weighted by Gasteiger charge is -2.14. The molecule has 1 amide bonds. The molecule has 0 saturated carbocycles. The van der Waals surface area contributed by atoms with Gasteiger partial charge in [-0.15, -0.1) is 11.8 Å². The Morgan fingerprint density at radius 3 is 2.59 bits per heavy atom. The van der Waals surface area contributed by atoms with Crippen LogP contribution >= 0.6 is 11.8 Å². The van der Waals surface area contributed by atoms with Gasteiger partial charge in [-0.05, 0) is 35.9 Å². The van der Waals surface area contributed by atoms with Gasteiger partial charge in [-0.3, -0.25) is 4.79 Å². The topological polar surface area (TPSA) is 60.5 Å². The fraction of sp³-hybridized carbons (Fsp3) is 0.182. The second-order valence-electron chi connectivity index (χ2n) is 6.11. The molecule has 0 atom stereocenters. The molecule has 0 aliphatic carbocycles. The summed E-state index contributed by atoms with van der Waals surface area (Å²) < 4.78 is 23.8. The number of carbonyl (C=O) groups excluding carboxylic acids is 1. The molecule has 2 aromatic carbocycles. The second kappa shape index (κ2) is 9.93. The van der Waals surface area contributed by atoms with E-state index in [1.165, 1.54) is 23.9 Å². The molecule has 29 heavy (non-hydrogen) atoms. The number of carbonyl (C=O) groups is 1. The molecule has 1 N–H and O–H groups in total. The first-order chi connectivity index (χ1) is 14.1. The smallest absolute Gasteiger partial charge is 0.254 e. The second-order valence-corrected chi connectivity index (χ2v) is 7.07. The van der Waals surface area contributed by atoms with Gasteiger partial charge >= 0.3 is 0 Å². The van der Waals surface area contributed by atoms with E-state index in [1.54, 1.807) is 50.7 Å². The largest absolute Gasteiger partial charge is 0.493 e. The van der Waals surface area contributed by atoms with Crippen molar-refractivity contribution >= 4 is 17.7 Å². The summed E-state index contributed by atoms with van der Waals surface area (Å²) in [5, 5.41) is 3.53. The minimum absolute atomic E-state index is 0.232. The molecule has 3 aromatic rings. The van der Waals surface area contributed by atoms with Crippen molar-refractivity contribution in [1.82, 2.24) is 10.3 Å². The van der Waals surface area contributed by atoms with Crippen LogP contribution in [0.25, 0.3) is 0 Å². The SMILES string of the molecule is COc1cccc(CNC(=O)c2cccnc2SCc2ccc(F)cc2)c1OC. The third-order valence-corrected chi connectivity index (χ3v) is 5.30. The number of para-hydroxylation sites is 1. The highest BCUT2D eigenvalue weighted by Crippen LogP contribution is 2.30. The fourth-order valence-corrected chi connectivity index (χ4v) is 3.72. The Bertz CT molecular complexity index is 980. The molecule has 0 unspecified atom stereocenters. The van der Waals surface area contributed by atoms with Gasteiger partial charge in [0, 0.05) is 24.1 Å². The van der Waals surface area contributed by atoms with Gasteiger partial charge in [-0.1, -0.05) is 24.3 Å². The summed E-state index contributed by atoms with van der Waals surface area (Å²) in [6.45, 7) is 0.288. The highest BCUT2D eigenvalue weighted by atomic mass is 32.2. The van der Waals surface area contributed by atoms with Crippen molar-refractivity contribution in [3.8, 4) is 11.5 Å². The number of amides is 1. The van der Waals surface area contributed by atoms with E-state index in [0.717, 1.165) is 11.1 Å². The minimum Gasteiger partial charge on any atom is -0.493 e. The minimum atomic E-state index is -0.273. The van der Waals surface area contributed by atoms with E-state index in [0.29, 0.717) is 27.8 Å². The average molecular weight is 412 g/mol. The van der Waals surface area contributed by atoms with Crippen LogP contribution in [0.15, 0.2) is 65.8 Å². The normalized spacial score (nSPS) is 10.4. The predicted octanol–water partition coefficient (Wildman–Crippen LogP) is 4.46. The van der Waals surface area contributed by atoms with Crippen molar-refractivity contribution in [2.45, 2.75) is 17.3 Å². The van der Waals surface area contributed by atoms with Crippen molar-refractivity contribution in [3.05, 3.63) is 83.3 Å². The number of methoxy groups -OCH3 is 2. The van der Waals surface area contributed by atoms with E-state index in [-0.39, 0.29) is 18.3 Å². The Morgan fingerprint density at radius 1 is 1.07 bits per heavy atom. The molecule has 0 radical (unpaired) electrons. The van der Waals surface area contributed by atoms with Crippen molar-refractivity contribution < 1.29 is 18.7 Å². The number of rotatable bonds is 8. The van der Waals surface area contributed by atoms with E-state index in [4.69, 9.17) is 9.47 Å². The number of thioether (sulfide) groups is 1. The lowest BCUT2D eigenvalue weighted by Crippen LogP contribution is -2.24. The third kappa shape index (κ3) is 5.26. The van der Waals surface area contributed by atoms with Gasteiger partial charge in [-0.2, -0.15) is 0 Å². The fourth-order valence-electron chi connectivity index (χ4n) is 2.77. The van der Waals surface area contributed by atoms with E-state index in [2.05, 4.69) is 10.3 Å². The van der Waals surface area contributed by atoms with Gasteiger partial charge < -0.3 is 14.8 Å². The Balaban J connectivity index is 1.69. The number of ether oxygens (including phenoxy) is 2. The number of pyridine rings is 1. The molecule has 0 aliphatic heterocycles. The number of aromatic nitrogens is 1. The van der Waals surface area contributed by atoms with Crippen LogP contribution in [0.4, 0.5) is 4.39 Å². The molecule has 1 aromatic heterocycles. The number of nitrogens with one attached hydrogen (secondary N) is 1. The van der Waals surface area contributed by atoms with Crippen LogP contribution in [0.1, 0.15) is 21.5 Å². The highest BCUT2D eigenvalue weighted by molar-refractivity contribution is 7.98. The molecule has 0 aliphatic rings. The number of halogens is 1.